The minimum absolute atomic E-state index is 0.228. The number of carbonyl (C=O) groups is 2. The van der Waals surface area contributed by atoms with Crippen LogP contribution in [0.25, 0.3) is 0 Å². The molecule has 13 heavy (non-hydrogen) atoms. The SMILES string of the molecule is CC(C)C[C@@H](NC(=O)CI)C(=O)O. The number of amides is 1. The Morgan fingerprint density at radius 2 is 2.00 bits per heavy atom. The fraction of sp³-hybridized carbons (Fsp3) is 0.750. The first-order chi connectivity index (χ1) is 5.97. The molecule has 0 aliphatic carbocycles. The van der Waals surface area contributed by atoms with Crippen LogP contribution in [0.5, 0.6) is 0 Å². The molecule has 5 heteroatoms. The molecule has 0 saturated carbocycles. The summed E-state index contributed by atoms with van der Waals surface area (Å²) >= 11 is 1.90. The molecule has 0 aliphatic heterocycles. The minimum Gasteiger partial charge on any atom is -0.480 e. The van der Waals surface area contributed by atoms with E-state index in [-0.39, 0.29) is 11.8 Å². The molecule has 0 fully saturated rings. The zero-order chi connectivity index (χ0) is 10.4. The van der Waals surface area contributed by atoms with Gasteiger partial charge in [-0.1, -0.05) is 36.4 Å². The van der Waals surface area contributed by atoms with E-state index in [4.69, 9.17) is 5.11 Å². The first-order valence-electron chi connectivity index (χ1n) is 4.05. The van der Waals surface area contributed by atoms with Crippen LogP contribution < -0.4 is 5.32 Å². The summed E-state index contributed by atoms with van der Waals surface area (Å²) < 4.78 is 0.291. The molecule has 0 radical (unpaired) electrons. The Labute approximate surface area is 91.2 Å². The van der Waals surface area contributed by atoms with E-state index >= 15 is 0 Å². The number of aliphatic carboxylic acids is 1. The van der Waals surface area contributed by atoms with Gasteiger partial charge in [0, 0.05) is 0 Å². The molecule has 2 N–H and O–H groups in total. The predicted octanol–water partition coefficient (Wildman–Crippen LogP) is 1.04. The lowest BCUT2D eigenvalue weighted by Gasteiger charge is -2.15. The van der Waals surface area contributed by atoms with Crippen molar-refractivity contribution in [1.82, 2.24) is 5.32 Å². The molecule has 0 bridgehead atoms. The Morgan fingerprint density at radius 3 is 2.31 bits per heavy atom. The Bertz CT molecular complexity index is 194. The van der Waals surface area contributed by atoms with Gasteiger partial charge in [0.2, 0.25) is 5.91 Å². The topological polar surface area (TPSA) is 66.4 Å². The maximum absolute atomic E-state index is 10.9. The number of halogens is 1. The van der Waals surface area contributed by atoms with Crippen LogP contribution >= 0.6 is 22.6 Å². The largest absolute Gasteiger partial charge is 0.480 e. The number of alkyl halides is 1. The van der Waals surface area contributed by atoms with Crippen molar-refractivity contribution in [3.8, 4) is 0 Å². The Morgan fingerprint density at radius 1 is 1.46 bits per heavy atom. The van der Waals surface area contributed by atoms with Gasteiger partial charge in [-0.2, -0.15) is 0 Å². The van der Waals surface area contributed by atoms with Gasteiger partial charge in [-0.25, -0.2) is 4.79 Å². The standard InChI is InChI=1S/C8H14INO3/c1-5(2)3-6(8(12)13)10-7(11)4-9/h5-6H,3-4H2,1-2H3,(H,10,11)(H,12,13)/t6-/m1/s1. The summed E-state index contributed by atoms with van der Waals surface area (Å²) in [5.74, 6) is -0.934. The maximum atomic E-state index is 10.9. The third kappa shape index (κ3) is 5.84. The Hall–Kier alpha value is -0.330. The first-order valence-corrected chi connectivity index (χ1v) is 5.58. The van der Waals surface area contributed by atoms with Gasteiger partial charge in [-0.3, -0.25) is 4.79 Å². The number of hydrogen-bond donors (Lipinski definition) is 2. The van der Waals surface area contributed by atoms with Crippen molar-refractivity contribution in [3.63, 3.8) is 0 Å². The van der Waals surface area contributed by atoms with E-state index in [0.717, 1.165) is 0 Å². The van der Waals surface area contributed by atoms with Gasteiger partial charge < -0.3 is 10.4 Å². The fourth-order valence-electron chi connectivity index (χ4n) is 0.926. The molecule has 0 aromatic carbocycles. The molecule has 0 aromatic rings. The van der Waals surface area contributed by atoms with Crippen LogP contribution in [-0.4, -0.2) is 27.5 Å². The second-order valence-electron chi connectivity index (χ2n) is 3.22. The molecular weight excluding hydrogens is 285 g/mol. The van der Waals surface area contributed by atoms with Crippen molar-refractivity contribution in [3.05, 3.63) is 0 Å². The van der Waals surface area contributed by atoms with Crippen molar-refractivity contribution in [2.24, 2.45) is 5.92 Å². The normalized spacial score (nSPS) is 12.6. The van der Waals surface area contributed by atoms with Gasteiger partial charge in [0.1, 0.15) is 6.04 Å². The summed E-state index contributed by atoms with van der Waals surface area (Å²) in [5, 5.41) is 11.2. The van der Waals surface area contributed by atoms with Crippen LogP contribution in [0.4, 0.5) is 0 Å². The van der Waals surface area contributed by atoms with Gasteiger partial charge in [-0.15, -0.1) is 0 Å². The summed E-state index contributed by atoms with van der Waals surface area (Å²) in [7, 11) is 0. The monoisotopic (exact) mass is 299 g/mol. The summed E-state index contributed by atoms with van der Waals surface area (Å²) in [6.45, 7) is 3.85. The van der Waals surface area contributed by atoms with E-state index in [1.54, 1.807) is 0 Å². The van der Waals surface area contributed by atoms with Gasteiger partial charge >= 0.3 is 5.97 Å². The Kier molecular flexibility index (Phi) is 6.02. The number of carboxylic acids is 1. The second-order valence-corrected chi connectivity index (χ2v) is 3.98. The molecule has 0 aliphatic rings. The highest BCUT2D eigenvalue weighted by molar-refractivity contribution is 14.1. The smallest absolute Gasteiger partial charge is 0.326 e. The average molecular weight is 299 g/mol. The molecule has 1 amide bonds. The summed E-state index contributed by atoms with van der Waals surface area (Å²) in [6.07, 6.45) is 0.470. The summed E-state index contributed by atoms with van der Waals surface area (Å²) in [5.41, 5.74) is 0. The molecule has 4 nitrogen and oxygen atoms in total. The Balaban J connectivity index is 4.10. The van der Waals surface area contributed by atoms with Crippen LogP contribution in [0.3, 0.4) is 0 Å². The summed E-state index contributed by atoms with van der Waals surface area (Å²) in [6, 6.07) is -0.748. The van der Waals surface area contributed by atoms with Crippen LogP contribution in [-0.2, 0) is 9.59 Å². The van der Waals surface area contributed by atoms with Gasteiger partial charge in [-0.05, 0) is 12.3 Å². The van der Waals surface area contributed by atoms with Crippen LogP contribution in [0.1, 0.15) is 20.3 Å². The predicted molar refractivity (Wildman–Crippen MR) is 57.9 cm³/mol. The van der Waals surface area contributed by atoms with Gasteiger partial charge in [0.15, 0.2) is 0 Å². The van der Waals surface area contributed by atoms with E-state index in [1.807, 2.05) is 36.4 Å². The lowest BCUT2D eigenvalue weighted by Crippen LogP contribution is -2.42. The first kappa shape index (κ1) is 12.7. The van der Waals surface area contributed by atoms with Crippen LogP contribution in [0.15, 0.2) is 0 Å². The molecule has 0 aromatic heterocycles. The highest BCUT2D eigenvalue weighted by Gasteiger charge is 2.20. The molecule has 76 valence electrons. The highest BCUT2D eigenvalue weighted by atomic mass is 127. The molecule has 0 rings (SSSR count). The number of rotatable bonds is 5. The number of carboxylic acid groups (broad SMARTS) is 1. The third-order valence-electron chi connectivity index (χ3n) is 1.46. The highest BCUT2D eigenvalue weighted by Crippen LogP contribution is 2.04. The van der Waals surface area contributed by atoms with Crippen molar-refractivity contribution in [2.45, 2.75) is 26.3 Å². The van der Waals surface area contributed by atoms with Crippen molar-refractivity contribution in [1.29, 1.82) is 0 Å². The van der Waals surface area contributed by atoms with Crippen LogP contribution in [0.2, 0.25) is 0 Å². The van der Waals surface area contributed by atoms with E-state index < -0.39 is 12.0 Å². The average Bonchev–Trinajstić information content (AvgIpc) is 2.02. The van der Waals surface area contributed by atoms with E-state index in [2.05, 4.69) is 5.32 Å². The second kappa shape index (κ2) is 6.17. The molecule has 0 heterocycles. The van der Waals surface area contributed by atoms with E-state index in [0.29, 0.717) is 10.8 Å². The van der Waals surface area contributed by atoms with Crippen molar-refractivity contribution >= 4 is 34.5 Å². The minimum atomic E-state index is -0.966. The van der Waals surface area contributed by atoms with Crippen LogP contribution in [0, 0.1) is 5.92 Å². The van der Waals surface area contributed by atoms with E-state index in [1.165, 1.54) is 0 Å². The van der Waals surface area contributed by atoms with Gasteiger partial charge in [0.25, 0.3) is 0 Å². The zero-order valence-electron chi connectivity index (χ0n) is 7.71. The molecular formula is C8H14INO3. The fourth-order valence-corrected chi connectivity index (χ4v) is 1.15. The number of hydrogen-bond acceptors (Lipinski definition) is 2. The molecule has 0 spiro atoms. The van der Waals surface area contributed by atoms with Crippen molar-refractivity contribution in [2.75, 3.05) is 4.43 Å². The van der Waals surface area contributed by atoms with Gasteiger partial charge in [0.05, 0.1) is 4.43 Å². The van der Waals surface area contributed by atoms with E-state index in [9.17, 15) is 9.59 Å². The molecule has 0 saturated heterocycles. The molecule has 1 atom stereocenters. The molecule has 0 unspecified atom stereocenters. The number of carbonyl (C=O) groups excluding carboxylic acids is 1. The lowest BCUT2D eigenvalue weighted by atomic mass is 10.0. The number of nitrogens with one attached hydrogen (secondary N) is 1. The van der Waals surface area contributed by atoms with Crippen molar-refractivity contribution < 1.29 is 14.7 Å². The maximum Gasteiger partial charge on any atom is 0.326 e. The summed E-state index contributed by atoms with van der Waals surface area (Å²) in [4.78, 5) is 21.6. The quantitative estimate of drug-likeness (QED) is 0.589. The lowest BCUT2D eigenvalue weighted by molar-refractivity contribution is -0.141. The zero-order valence-corrected chi connectivity index (χ0v) is 9.87. The third-order valence-corrected chi connectivity index (χ3v) is 2.15.